The summed E-state index contributed by atoms with van der Waals surface area (Å²) >= 11 is 0. The van der Waals surface area contributed by atoms with Crippen LogP contribution in [-0.4, -0.2) is 23.0 Å². The Balaban J connectivity index is 1.77. The highest BCUT2D eigenvalue weighted by molar-refractivity contribution is 5.77. The van der Waals surface area contributed by atoms with Gasteiger partial charge >= 0.3 is 0 Å². The molecule has 108 valence electrons. The predicted molar refractivity (Wildman–Crippen MR) is 76.3 cm³/mol. The van der Waals surface area contributed by atoms with E-state index in [2.05, 4.69) is 17.4 Å². The highest BCUT2D eigenvalue weighted by Gasteiger charge is 2.53. The van der Waals surface area contributed by atoms with Crippen LogP contribution in [0.1, 0.15) is 59.3 Å². The topological polar surface area (TPSA) is 32.3 Å². The first-order valence-corrected chi connectivity index (χ1v) is 8.10. The van der Waals surface area contributed by atoms with Gasteiger partial charge in [0.15, 0.2) is 0 Å². The standard InChI is InChI=1S/C16H28N2O/c1-4-18(17-15(19)11(2)3)16-8-12-5-13(9-16)7-14(6-12)10-16/h11-14H,4-10H2,1-3H3,(H,17,19). The van der Waals surface area contributed by atoms with Crippen LogP contribution >= 0.6 is 0 Å². The maximum atomic E-state index is 12.1. The Bertz CT molecular complexity index is 328. The number of hydrogen-bond donors (Lipinski definition) is 1. The molecule has 3 nitrogen and oxygen atoms in total. The summed E-state index contributed by atoms with van der Waals surface area (Å²) in [5.41, 5.74) is 3.50. The molecule has 1 amide bonds. The summed E-state index contributed by atoms with van der Waals surface area (Å²) in [6.07, 6.45) is 8.29. The maximum absolute atomic E-state index is 12.1. The van der Waals surface area contributed by atoms with Crippen molar-refractivity contribution in [3.05, 3.63) is 0 Å². The van der Waals surface area contributed by atoms with Gasteiger partial charge in [0.1, 0.15) is 0 Å². The van der Waals surface area contributed by atoms with Crippen LogP contribution in [0.15, 0.2) is 0 Å². The summed E-state index contributed by atoms with van der Waals surface area (Å²) in [7, 11) is 0. The van der Waals surface area contributed by atoms with Gasteiger partial charge in [-0.3, -0.25) is 10.2 Å². The molecular formula is C16H28N2O. The van der Waals surface area contributed by atoms with Gasteiger partial charge < -0.3 is 0 Å². The number of carbonyl (C=O) groups excluding carboxylic acids is 1. The Morgan fingerprint density at radius 1 is 1.16 bits per heavy atom. The molecule has 0 unspecified atom stereocenters. The van der Waals surface area contributed by atoms with Gasteiger partial charge in [-0.2, -0.15) is 0 Å². The normalized spacial score (nSPS) is 40.2. The monoisotopic (exact) mass is 264 g/mol. The lowest BCUT2D eigenvalue weighted by atomic mass is 9.53. The lowest BCUT2D eigenvalue weighted by Gasteiger charge is -2.60. The van der Waals surface area contributed by atoms with Crippen LogP contribution in [0, 0.1) is 23.7 Å². The Kier molecular flexibility index (Phi) is 3.36. The third kappa shape index (κ3) is 2.31. The van der Waals surface area contributed by atoms with Gasteiger partial charge in [0, 0.05) is 18.0 Å². The zero-order chi connectivity index (χ0) is 13.6. The van der Waals surface area contributed by atoms with E-state index in [0.29, 0.717) is 0 Å². The summed E-state index contributed by atoms with van der Waals surface area (Å²) in [6, 6.07) is 0. The van der Waals surface area contributed by atoms with Crippen molar-refractivity contribution in [2.24, 2.45) is 23.7 Å². The molecule has 4 fully saturated rings. The van der Waals surface area contributed by atoms with Crippen LogP contribution in [0.2, 0.25) is 0 Å². The molecule has 0 heterocycles. The Hall–Kier alpha value is -0.570. The highest BCUT2D eigenvalue weighted by Crippen LogP contribution is 2.57. The van der Waals surface area contributed by atoms with E-state index >= 15 is 0 Å². The van der Waals surface area contributed by atoms with Gasteiger partial charge in [-0.1, -0.05) is 20.8 Å². The molecule has 0 atom stereocenters. The number of hydrogen-bond acceptors (Lipinski definition) is 2. The summed E-state index contributed by atoms with van der Waals surface area (Å²) in [4.78, 5) is 12.1. The first-order valence-electron chi connectivity index (χ1n) is 8.10. The van der Waals surface area contributed by atoms with Crippen LogP contribution in [0.4, 0.5) is 0 Å². The van der Waals surface area contributed by atoms with E-state index in [-0.39, 0.29) is 17.4 Å². The molecular weight excluding hydrogens is 236 g/mol. The Morgan fingerprint density at radius 2 is 1.63 bits per heavy atom. The number of carbonyl (C=O) groups is 1. The maximum Gasteiger partial charge on any atom is 0.236 e. The number of amides is 1. The van der Waals surface area contributed by atoms with Gasteiger partial charge in [0.25, 0.3) is 0 Å². The summed E-state index contributed by atoms with van der Waals surface area (Å²) in [6.45, 7) is 7.07. The minimum atomic E-state index is 0.0722. The van der Waals surface area contributed by atoms with E-state index in [4.69, 9.17) is 0 Å². The minimum absolute atomic E-state index is 0.0722. The second-order valence-corrected chi connectivity index (χ2v) is 7.52. The van der Waals surface area contributed by atoms with Crippen molar-refractivity contribution < 1.29 is 4.79 Å². The van der Waals surface area contributed by atoms with E-state index in [0.717, 1.165) is 24.3 Å². The van der Waals surface area contributed by atoms with E-state index in [1.165, 1.54) is 38.5 Å². The van der Waals surface area contributed by atoms with Crippen molar-refractivity contribution in [2.75, 3.05) is 6.54 Å². The Morgan fingerprint density at radius 3 is 2.00 bits per heavy atom. The van der Waals surface area contributed by atoms with Gasteiger partial charge in [0.05, 0.1) is 0 Å². The molecule has 3 heteroatoms. The van der Waals surface area contributed by atoms with Crippen molar-refractivity contribution in [3.8, 4) is 0 Å². The average Bonchev–Trinajstić information content (AvgIpc) is 2.33. The number of nitrogens with zero attached hydrogens (tertiary/aromatic N) is 1. The van der Waals surface area contributed by atoms with Crippen molar-refractivity contribution in [3.63, 3.8) is 0 Å². The molecule has 0 aromatic heterocycles. The molecule has 0 aliphatic heterocycles. The molecule has 4 aliphatic rings. The molecule has 4 bridgehead atoms. The van der Waals surface area contributed by atoms with E-state index in [9.17, 15) is 4.79 Å². The van der Waals surface area contributed by atoms with Crippen molar-refractivity contribution >= 4 is 5.91 Å². The molecule has 4 rings (SSSR count). The summed E-state index contributed by atoms with van der Waals surface area (Å²) in [5.74, 6) is 3.03. The van der Waals surface area contributed by atoms with Crippen LogP contribution in [0.5, 0.6) is 0 Å². The Labute approximate surface area is 117 Å². The SMILES string of the molecule is CCN(NC(=O)C(C)C)C12CC3CC(CC(C3)C1)C2. The third-order valence-corrected chi connectivity index (χ3v) is 5.66. The van der Waals surface area contributed by atoms with Crippen LogP contribution in [0.25, 0.3) is 0 Å². The zero-order valence-electron chi connectivity index (χ0n) is 12.6. The highest BCUT2D eigenvalue weighted by atomic mass is 16.2. The van der Waals surface area contributed by atoms with Crippen molar-refractivity contribution in [2.45, 2.75) is 64.8 Å². The van der Waals surface area contributed by atoms with E-state index in [1.54, 1.807) is 0 Å². The van der Waals surface area contributed by atoms with Crippen LogP contribution in [-0.2, 0) is 4.79 Å². The van der Waals surface area contributed by atoms with Gasteiger partial charge in [-0.05, 0) is 56.3 Å². The van der Waals surface area contributed by atoms with E-state index in [1.807, 2.05) is 13.8 Å². The molecule has 0 spiro atoms. The molecule has 19 heavy (non-hydrogen) atoms. The minimum Gasteiger partial charge on any atom is -0.288 e. The molecule has 1 N–H and O–H groups in total. The lowest BCUT2D eigenvalue weighted by Crippen LogP contribution is -2.64. The van der Waals surface area contributed by atoms with Crippen LogP contribution in [0.3, 0.4) is 0 Å². The summed E-state index contributed by atoms with van der Waals surface area (Å²) < 4.78 is 0. The molecule has 0 aromatic rings. The molecule has 0 aromatic carbocycles. The van der Waals surface area contributed by atoms with Gasteiger partial charge in [-0.15, -0.1) is 0 Å². The van der Waals surface area contributed by atoms with E-state index < -0.39 is 0 Å². The number of rotatable bonds is 4. The van der Waals surface area contributed by atoms with Crippen LogP contribution < -0.4 is 5.43 Å². The molecule has 0 saturated heterocycles. The van der Waals surface area contributed by atoms with Crippen molar-refractivity contribution in [1.29, 1.82) is 0 Å². The summed E-state index contributed by atoms with van der Waals surface area (Å²) in [5, 5.41) is 2.31. The van der Waals surface area contributed by atoms with Crippen molar-refractivity contribution in [1.82, 2.24) is 10.4 Å². The predicted octanol–water partition coefficient (Wildman–Crippen LogP) is 2.96. The second kappa shape index (κ2) is 4.76. The molecule has 4 saturated carbocycles. The van der Waals surface area contributed by atoms with Gasteiger partial charge in [-0.25, -0.2) is 5.01 Å². The lowest BCUT2D eigenvalue weighted by molar-refractivity contribution is -0.144. The average molecular weight is 264 g/mol. The fourth-order valence-corrected chi connectivity index (χ4v) is 5.19. The molecule has 4 aliphatic carbocycles. The third-order valence-electron chi connectivity index (χ3n) is 5.66. The molecule has 0 radical (unpaired) electrons. The number of nitrogens with one attached hydrogen (secondary N) is 1. The second-order valence-electron chi connectivity index (χ2n) is 7.52. The zero-order valence-corrected chi connectivity index (χ0v) is 12.6. The quantitative estimate of drug-likeness (QED) is 0.792. The first-order chi connectivity index (χ1) is 9.02. The smallest absolute Gasteiger partial charge is 0.236 e. The van der Waals surface area contributed by atoms with Gasteiger partial charge in [0.2, 0.25) is 5.91 Å². The fraction of sp³-hybridized carbons (Fsp3) is 0.938. The number of hydrazine groups is 1. The fourth-order valence-electron chi connectivity index (χ4n) is 5.19. The first kappa shape index (κ1) is 13.4. The largest absolute Gasteiger partial charge is 0.288 e.